The Labute approximate surface area is 128 Å². The monoisotopic (exact) mass is 343 g/mol. The summed E-state index contributed by atoms with van der Waals surface area (Å²) in [5.41, 5.74) is 0.657. The van der Waals surface area contributed by atoms with Crippen LogP contribution in [0.1, 0.15) is 38.7 Å². The van der Waals surface area contributed by atoms with Gasteiger partial charge in [0.1, 0.15) is 5.75 Å². The molecule has 0 aliphatic rings. The van der Waals surface area contributed by atoms with Crippen LogP contribution in [-0.2, 0) is 11.4 Å². The maximum absolute atomic E-state index is 11.9. The molecule has 0 bridgehead atoms. The van der Waals surface area contributed by atoms with E-state index in [0.717, 1.165) is 23.7 Å². The Morgan fingerprint density at radius 1 is 1.45 bits per heavy atom. The van der Waals surface area contributed by atoms with Gasteiger partial charge in [0.25, 0.3) is 5.91 Å². The highest BCUT2D eigenvalue weighted by molar-refractivity contribution is 9.10. The lowest BCUT2D eigenvalue weighted by atomic mass is 10.2. The lowest BCUT2D eigenvalue weighted by molar-refractivity contribution is -0.127. The first-order chi connectivity index (χ1) is 9.58. The molecule has 0 saturated carbocycles. The van der Waals surface area contributed by atoms with Crippen LogP contribution in [0.5, 0.6) is 5.75 Å². The van der Waals surface area contributed by atoms with E-state index in [-0.39, 0.29) is 12.5 Å². The lowest BCUT2D eigenvalue weighted by Gasteiger charge is -2.17. The molecule has 5 heteroatoms. The summed E-state index contributed by atoms with van der Waals surface area (Å²) in [6.45, 7) is 4.38. The minimum Gasteiger partial charge on any atom is -0.481 e. The van der Waals surface area contributed by atoms with E-state index in [1.165, 1.54) is 0 Å². The standard InChI is InChI=1S/C15H22BrNO3/c1-3-4-5-8-17-15(19)11(2)20-14-7-6-13(16)9-12(14)10-18/h6-7,9,11,18H,3-5,8,10H2,1-2H3,(H,17,19). The normalized spacial score (nSPS) is 12.0. The van der Waals surface area contributed by atoms with Crippen molar-refractivity contribution in [2.45, 2.75) is 45.8 Å². The number of hydrogen-bond acceptors (Lipinski definition) is 3. The second-order valence-electron chi connectivity index (χ2n) is 4.67. The number of unbranched alkanes of at least 4 members (excludes halogenated alkanes) is 2. The Balaban J connectivity index is 2.52. The quantitative estimate of drug-likeness (QED) is 0.713. The van der Waals surface area contributed by atoms with Gasteiger partial charge < -0.3 is 15.2 Å². The van der Waals surface area contributed by atoms with Crippen LogP contribution in [0, 0.1) is 0 Å². The van der Waals surface area contributed by atoms with Crippen molar-refractivity contribution in [3.05, 3.63) is 28.2 Å². The van der Waals surface area contributed by atoms with Crippen LogP contribution >= 0.6 is 15.9 Å². The number of benzene rings is 1. The van der Waals surface area contributed by atoms with Crippen molar-refractivity contribution in [2.75, 3.05) is 6.54 Å². The van der Waals surface area contributed by atoms with Crippen molar-refractivity contribution < 1.29 is 14.6 Å². The van der Waals surface area contributed by atoms with Crippen molar-refractivity contribution in [3.63, 3.8) is 0 Å². The summed E-state index contributed by atoms with van der Waals surface area (Å²) in [6.07, 6.45) is 2.63. The second-order valence-corrected chi connectivity index (χ2v) is 5.58. The van der Waals surface area contributed by atoms with Gasteiger partial charge in [0.15, 0.2) is 6.10 Å². The fourth-order valence-electron chi connectivity index (χ4n) is 1.76. The molecule has 0 aliphatic carbocycles. The summed E-state index contributed by atoms with van der Waals surface area (Å²) < 4.78 is 6.48. The smallest absolute Gasteiger partial charge is 0.260 e. The second kappa shape index (κ2) is 8.97. The molecule has 0 fully saturated rings. The van der Waals surface area contributed by atoms with E-state index in [1.807, 2.05) is 6.07 Å². The molecule has 4 nitrogen and oxygen atoms in total. The molecule has 0 aromatic heterocycles. The predicted molar refractivity (Wildman–Crippen MR) is 82.7 cm³/mol. The van der Waals surface area contributed by atoms with Gasteiger partial charge in [0, 0.05) is 16.6 Å². The summed E-state index contributed by atoms with van der Waals surface area (Å²) >= 11 is 3.34. The Hall–Kier alpha value is -1.07. The van der Waals surface area contributed by atoms with E-state index in [0.29, 0.717) is 17.9 Å². The average Bonchev–Trinajstić information content (AvgIpc) is 2.45. The molecule has 20 heavy (non-hydrogen) atoms. The summed E-state index contributed by atoms with van der Waals surface area (Å²) in [6, 6.07) is 5.35. The Bertz CT molecular complexity index is 437. The minimum atomic E-state index is -0.580. The number of carbonyl (C=O) groups excluding carboxylic acids is 1. The number of halogens is 1. The van der Waals surface area contributed by atoms with Gasteiger partial charge >= 0.3 is 0 Å². The Kier molecular flexibility index (Phi) is 7.62. The van der Waals surface area contributed by atoms with E-state index in [2.05, 4.69) is 28.2 Å². The highest BCUT2D eigenvalue weighted by atomic mass is 79.9. The molecule has 0 radical (unpaired) electrons. The summed E-state index contributed by atoms with van der Waals surface area (Å²) in [5, 5.41) is 12.1. The summed E-state index contributed by atoms with van der Waals surface area (Å²) in [7, 11) is 0. The molecule has 112 valence electrons. The van der Waals surface area contributed by atoms with Gasteiger partial charge in [-0.05, 0) is 31.5 Å². The third-order valence-corrected chi connectivity index (χ3v) is 3.44. The number of rotatable bonds is 8. The van der Waals surface area contributed by atoms with Gasteiger partial charge in [-0.25, -0.2) is 0 Å². The number of aliphatic hydroxyl groups is 1. The molecule has 0 saturated heterocycles. The number of hydrogen-bond donors (Lipinski definition) is 2. The summed E-state index contributed by atoms with van der Waals surface area (Å²) in [5.74, 6) is 0.403. The first-order valence-corrected chi connectivity index (χ1v) is 7.71. The van der Waals surface area contributed by atoms with Crippen molar-refractivity contribution in [1.29, 1.82) is 0 Å². The molecule has 1 rings (SSSR count). The van der Waals surface area contributed by atoms with E-state index in [1.54, 1.807) is 19.1 Å². The Morgan fingerprint density at radius 2 is 2.20 bits per heavy atom. The van der Waals surface area contributed by atoms with Gasteiger partial charge in [0.2, 0.25) is 0 Å². The van der Waals surface area contributed by atoms with Crippen LogP contribution in [0.25, 0.3) is 0 Å². The van der Waals surface area contributed by atoms with Crippen LogP contribution in [-0.4, -0.2) is 23.7 Å². The highest BCUT2D eigenvalue weighted by Crippen LogP contribution is 2.24. The fourth-order valence-corrected chi connectivity index (χ4v) is 2.17. The molecular weight excluding hydrogens is 322 g/mol. The van der Waals surface area contributed by atoms with Crippen LogP contribution < -0.4 is 10.1 Å². The average molecular weight is 344 g/mol. The first-order valence-electron chi connectivity index (χ1n) is 6.92. The van der Waals surface area contributed by atoms with Gasteiger partial charge in [-0.15, -0.1) is 0 Å². The fraction of sp³-hybridized carbons (Fsp3) is 0.533. The van der Waals surface area contributed by atoms with Crippen LogP contribution in [0.4, 0.5) is 0 Å². The third kappa shape index (κ3) is 5.51. The number of aliphatic hydroxyl groups excluding tert-OH is 1. The Morgan fingerprint density at radius 3 is 2.85 bits per heavy atom. The zero-order chi connectivity index (χ0) is 15.0. The number of ether oxygens (including phenoxy) is 1. The minimum absolute atomic E-state index is 0.125. The number of nitrogens with one attached hydrogen (secondary N) is 1. The molecule has 1 atom stereocenters. The maximum atomic E-state index is 11.9. The SMILES string of the molecule is CCCCCNC(=O)C(C)Oc1ccc(Br)cc1CO. The van der Waals surface area contributed by atoms with Gasteiger partial charge in [-0.2, -0.15) is 0 Å². The van der Waals surface area contributed by atoms with Crippen LogP contribution in [0.15, 0.2) is 22.7 Å². The van der Waals surface area contributed by atoms with E-state index < -0.39 is 6.10 Å². The van der Waals surface area contributed by atoms with Crippen LogP contribution in [0.2, 0.25) is 0 Å². The predicted octanol–water partition coefficient (Wildman–Crippen LogP) is 3.02. The molecule has 1 amide bonds. The summed E-state index contributed by atoms with van der Waals surface area (Å²) in [4.78, 5) is 11.9. The van der Waals surface area contributed by atoms with E-state index in [9.17, 15) is 9.90 Å². The largest absolute Gasteiger partial charge is 0.481 e. The molecule has 0 heterocycles. The van der Waals surface area contributed by atoms with Crippen molar-refractivity contribution in [1.82, 2.24) is 5.32 Å². The van der Waals surface area contributed by atoms with Gasteiger partial charge in [-0.1, -0.05) is 35.7 Å². The lowest BCUT2D eigenvalue weighted by Crippen LogP contribution is -2.37. The van der Waals surface area contributed by atoms with Crippen molar-refractivity contribution >= 4 is 21.8 Å². The highest BCUT2D eigenvalue weighted by Gasteiger charge is 2.15. The third-order valence-electron chi connectivity index (χ3n) is 2.95. The topological polar surface area (TPSA) is 58.6 Å². The van der Waals surface area contributed by atoms with Gasteiger partial charge in [-0.3, -0.25) is 4.79 Å². The molecule has 1 aromatic carbocycles. The molecule has 1 aromatic rings. The van der Waals surface area contributed by atoms with Crippen molar-refractivity contribution in [2.24, 2.45) is 0 Å². The molecule has 1 unspecified atom stereocenters. The first kappa shape index (κ1) is 17.0. The zero-order valence-electron chi connectivity index (χ0n) is 12.0. The maximum Gasteiger partial charge on any atom is 0.260 e. The molecule has 0 aliphatic heterocycles. The van der Waals surface area contributed by atoms with Gasteiger partial charge in [0.05, 0.1) is 6.61 Å². The zero-order valence-corrected chi connectivity index (χ0v) is 13.6. The molecular formula is C15H22BrNO3. The molecule has 2 N–H and O–H groups in total. The van der Waals surface area contributed by atoms with Crippen molar-refractivity contribution in [3.8, 4) is 5.75 Å². The van der Waals surface area contributed by atoms with Crippen LogP contribution in [0.3, 0.4) is 0 Å². The van der Waals surface area contributed by atoms with E-state index in [4.69, 9.17) is 4.74 Å². The molecule has 0 spiro atoms. The number of carbonyl (C=O) groups is 1. The van der Waals surface area contributed by atoms with E-state index >= 15 is 0 Å². The number of amides is 1.